The molecule has 2 rings (SSSR count). The molecular formula is C30H42Br2N4O7. The van der Waals surface area contributed by atoms with E-state index in [1.807, 2.05) is 13.8 Å². The van der Waals surface area contributed by atoms with Gasteiger partial charge in [0.15, 0.2) is 0 Å². The monoisotopic (exact) mass is 728 g/mol. The minimum atomic E-state index is -0.857. The Morgan fingerprint density at radius 2 is 1.47 bits per heavy atom. The quantitative estimate of drug-likeness (QED) is 0.200. The molecule has 0 aromatic heterocycles. The first kappa shape index (κ1) is 36.6. The third kappa shape index (κ3) is 10.2. The van der Waals surface area contributed by atoms with Crippen LogP contribution in [-0.4, -0.2) is 69.4 Å². The lowest BCUT2D eigenvalue weighted by atomic mass is 9.97. The van der Waals surface area contributed by atoms with Crippen LogP contribution in [0.5, 0.6) is 0 Å². The van der Waals surface area contributed by atoms with Crippen molar-refractivity contribution in [2.45, 2.75) is 97.6 Å². The molecule has 0 spiro atoms. The van der Waals surface area contributed by atoms with Crippen LogP contribution in [0.15, 0.2) is 33.2 Å². The van der Waals surface area contributed by atoms with Gasteiger partial charge < -0.3 is 25.8 Å². The number of hydrogen-bond donors (Lipinski definition) is 4. The topological polar surface area (TPSA) is 154 Å². The number of nitrogens with zero attached hydrogens (tertiary/aromatic N) is 1. The Morgan fingerprint density at radius 1 is 0.907 bits per heavy atom. The second-order valence-electron chi connectivity index (χ2n) is 12.1. The number of benzene rings is 1. The molecule has 1 aromatic rings. The zero-order valence-electron chi connectivity index (χ0n) is 25.7. The van der Waals surface area contributed by atoms with Gasteiger partial charge in [-0.1, -0.05) is 26.0 Å². The normalized spacial score (nSPS) is 15.6. The third-order valence-corrected chi connectivity index (χ3v) is 9.17. The summed E-state index contributed by atoms with van der Waals surface area (Å²) in [5.41, 5.74) is -0.251. The Morgan fingerprint density at radius 3 is 1.98 bits per heavy atom. The third-order valence-electron chi connectivity index (χ3n) is 7.16. The highest BCUT2D eigenvalue weighted by atomic mass is 79.9. The maximum atomic E-state index is 13.0. The summed E-state index contributed by atoms with van der Waals surface area (Å²) in [4.78, 5) is 64.6. The molecule has 1 aromatic carbocycles. The van der Waals surface area contributed by atoms with Crippen molar-refractivity contribution in [3.05, 3.63) is 38.8 Å². The van der Waals surface area contributed by atoms with Crippen molar-refractivity contribution in [2.75, 3.05) is 11.9 Å². The molecule has 0 fully saturated rings. The molecule has 1 aliphatic heterocycles. The Hall–Kier alpha value is -2.61. The van der Waals surface area contributed by atoms with Gasteiger partial charge in [-0.15, -0.1) is 0 Å². The Kier molecular flexibility index (Phi) is 13.1. The van der Waals surface area contributed by atoms with E-state index in [0.717, 1.165) is 0 Å². The molecule has 43 heavy (non-hydrogen) atoms. The highest BCUT2D eigenvalue weighted by Crippen LogP contribution is 2.35. The lowest BCUT2D eigenvalue weighted by Gasteiger charge is -2.35. The summed E-state index contributed by atoms with van der Waals surface area (Å²) in [5, 5.41) is 17.3. The highest BCUT2D eigenvalue weighted by Gasteiger charge is 2.44. The van der Waals surface area contributed by atoms with Crippen molar-refractivity contribution in [3.63, 3.8) is 0 Å². The van der Waals surface area contributed by atoms with Gasteiger partial charge in [-0.25, -0.2) is 0 Å². The summed E-state index contributed by atoms with van der Waals surface area (Å²) in [5.74, 6) is -2.28. The van der Waals surface area contributed by atoms with E-state index >= 15 is 0 Å². The first-order chi connectivity index (χ1) is 19.9. The molecule has 5 amide bonds. The SMILES string of the molecule is CC(C)[C@H](NC(=O)CCC(C)(C)OCCC(C)(C)N1C(=O)C(Br)=C(Br)C1=O)C(=O)N[C@@H](C)C(=O)Nc1ccc(CO)cc1. The first-order valence-corrected chi connectivity index (χ1v) is 15.7. The largest absolute Gasteiger partial charge is 0.392 e. The van der Waals surface area contributed by atoms with Crippen LogP contribution in [0.2, 0.25) is 0 Å². The predicted octanol–water partition coefficient (Wildman–Crippen LogP) is 3.88. The molecule has 0 unspecified atom stereocenters. The van der Waals surface area contributed by atoms with Gasteiger partial charge in [-0.3, -0.25) is 28.9 Å². The van der Waals surface area contributed by atoms with Crippen molar-refractivity contribution >= 4 is 67.1 Å². The molecule has 4 N–H and O–H groups in total. The number of carbonyl (C=O) groups excluding carboxylic acids is 5. The first-order valence-electron chi connectivity index (χ1n) is 14.1. The summed E-state index contributed by atoms with van der Waals surface area (Å²) in [6, 6.07) is 4.98. The summed E-state index contributed by atoms with van der Waals surface area (Å²) >= 11 is 6.29. The minimum absolute atomic E-state index is 0.0969. The number of aliphatic hydroxyl groups is 1. The van der Waals surface area contributed by atoms with Crippen LogP contribution in [0.4, 0.5) is 5.69 Å². The molecule has 0 saturated heterocycles. The van der Waals surface area contributed by atoms with Gasteiger partial charge in [0.1, 0.15) is 21.0 Å². The van der Waals surface area contributed by atoms with Crippen molar-refractivity contribution < 1.29 is 33.8 Å². The number of rotatable bonds is 15. The van der Waals surface area contributed by atoms with Crippen LogP contribution in [0.1, 0.15) is 73.3 Å². The highest BCUT2D eigenvalue weighted by molar-refractivity contribution is 9.14. The number of halogens is 2. The van der Waals surface area contributed by atoms with Gasteiger partial charge in [0.2, 0.25) is 17.7 Å². The van der Waals surface area contributed by atoms with E-state index in [1.165, 1.54) is 4.90 Å². The molecule has 11 nitrogen and oxygen atoms in total. The Balaban J connectivity index is 1.85. The molecule has 0 radical (unpaired) electrons. The van der Waals surface area contributed by atoms with Crippen LogP contribution in [-0.2, 0) is 35.3 Å². The van der Waals surface area contributed by atoms with E-state index in [-0.39, 0.29) is 40.4 Å². The van der Waals surface area contributed by atoms with E-state index < -0.39 is 46.9 Å². The summed E-state index contributed by atoms with van der Waals surface area (Å²) < 4.78 is 6.42. The Labute approximate surface area is 269 Å². The summed E-state index contributed by atoms with van der Waals surface area (Å²) in [6.07, 6.45) is 0.843. The zero-order valence-corrected chi connectivity index (χ0v) is 28.8. The predicted molar refractivity (Wildman–Crippen MR) is 170 cm³/mol. The van der Waals surface area contributed by atoms with Crippen LogP contribution in [0.25, 0.3) is 0 Å². The standard InChI is InChI=1S/C30H42Br2N4O7/c1-17(2)24(26(40)33-18(3)25(39)34-20-10-8-19(16-37)9-11-20)35-21(38)12-13-30(6,7)43-15-14-29(4,5)36-27(41)22(31)23(32)28(36)42/h8-11,17-18,24,37H,12-16H2,1-7H3,(H,33,40)(H,34,39)(H,35,38)/t18-,24-/m0/s1. The lowest BCUT2D eigenvalue weighted by Crippen LogP contribution is -2.53. The van der Waals surface area contributed by atoms with Gasteiger partial charge >= 0.3 is 0 Å². The minimum Gasteiger partial charge on any atom is -0.392 e. The molecule has 1 heterocycles. The van der Waals surface area contributed by atoms with Crippen molar-refractivity contribution in [2.24, 2.45) is 5.92 Å². The van der Waals surface area contributed by atoms with Crippen LogP contribution >= 0.6 is 31.9 Å². The van der Waals surface area contributed by atoms with E-state index in [1.54, 1.807) is 58.9 Å². The molecule has 0 aliphatic carbocycles. The number of carbonyl (C=O) groups is 5. The maximum Gasteiger partial charge on any atom is 0.269 e. The number of amides is 5. The molecule has 0 bridgehead atoms. The fourth-order valence-corrected chi connectivity index (χ4v) is 4.99. The average molecular weight is 730 g/mol. The van der Waals surface area contributed by atoms with E-state index in [0.29, 0.717) is 24.1 Å². The van der Waals surface area contributed by atoms with Crippen LogP contribution < -0.4 is 16.0 Å². The molecule has 2 atom stereocenters. The second-order valence-corrected chi connectivity index (χ2v) is 13.7. The van der Waals surface area contributed by atoms with Crippen molar-refractivity contribution in [1.82, 2.24) is 15.5 Å². The zero-order chi connectivity index (χ0) is 32.7. The van der Waals surface area contributed by atoms with E-state index in [4.69, 9.17) is 9.84 Å². The van der Waals surface area contributed by atoms with Crippen LogP contribution in [0.3, 0.4) is 0 Å². The van der Waals surface area contributed by atoms with Gasteiger partial charge in [-0.2, -0.15) is 0 Å². The number of imide groups is 1. The van der Waals surface area contributed by atoms with E-state index in [2.05, 4.69) is 47.8 Å². The van der Waals surface area contributed by atoms with Crippen LogP contribution in [0, 0.1) is 5.92 Å². The van der Waals surface area contributed by atoms with Crippen molar-refractivity contribution in [3.8, 4) is 0 Å². The van der Waals surface area contributed by atoms with Gasteiger partial charge in [0.05, 0.1) is 12.2 Å². The number of ether oxygens (including phenoxy) is 1. The fourth-order valence-electron chi connectivity index (χ4n) is 4.30. The summed E-state index contributed by atoms with van der Waals surface area (Å²) in [7, 11) is 0. The molecule has 0 saturated carbocycles. The smallest absolute Gasteiger partial charge is 0.269 e. The number of aliphatic hydroxyl groups excluding tert-OH is 1. The molecule has 238 valence electrons. The molecular weight excluding hydrogens is 688 g/mol. The number of nitrogens with one attached hydrogen (secondary N) is 3. The lowest BCUT2D eigenvalue weighted by molar-refractivity contribution is -0.144. The molecule has 13 heteroatoms. The Bertz CT molecular complexity index is 1220. The number of hydrogen-bond acceptors (Lipinski definition) is 7. The average Bonchev–Trinajstić information content (AvgIpc) is 3.12. The maximum absolute atomic E-state index is 13.0. The second kappa shape index (κ2) is 15.4. The molecule has 1 aliphatic rings. The fraction of sp³-hybridized carbons (Fsp3) is 0.567. The van der Waals surface area contributed by atoms with Gasteiger partial charge in [-0.05, 0) is 103 Å². The van der Waals surface area contributed by atoms with E-state index in [9.17, 15) is 24.0 Å². The van der Waals surface area contributed by atoms with Crippen molar-refractivity contribution in [1.29, 1.82) is 0 Å². The van der Waals surface area contributed by atoms with Gasteiger partial charge in [0, 0.05) is 24.3 Å². The number of anilines is 1. The van der Waals surface area contributed by atoms with Gasteiger partial charge in [0.25, 0.3) is 11.8 Å². The summed E-state index contributed by atoms with van der Waals surface area (Å²) in [6.45, 7) is 12.6.